The molecule has 2 aromatic carbocycles. The van der Waals surface area contributed by atoms with Crippen LogP contribution < -0.4 is 21.1 Å². The van der Waals surface area contributed by atoms with Gasteiger partial charge in [0.05, 0.1) is 16.0 Å². The Labute approximate surface area is 227 Å². The summed E-state index contributed by atoms with van der Waals surface area (Å²) in [5.41, 5.74) is 6.57. The van der Waals surface area contributed by atoms with Crippen molar-refractivity contribution >= 4 is 44.9 Å². The number of hydrogen-bond donors (Lipinski definition) is 4. The van der Waals surface area contributed by atoms with Crippen LogP contribution in [0, 0.1) is 6.92 Å². The zero-order valence-corrected chi connectivity index (χ0v) is 23.1. The number of thiophene rings is 1. The molecular formula is C28H35N7O2S. The van der Waals surface area contributed by atoms with Crippen LogP contribution in [0.15, 0.2) is 54.6 Å². The van der Waals surface area contributed by atoms with E-state index in [4.69, 9.17) is 0 Å². The van der Waals surface area contributed by atoms with Crippen LogP contribution in [0.2, 0.25) is 0 Å². The number of nitrogens with one attached hydrogen (secondary N) is 4. The second kappa shape index (κ2) is 12.7. The Kier molecular flexibility index (Phi) is 9.11. The number of aryl methyl sites for hydroxylation is 1. The molecule has 9 nitrogen and oxygen atoms in total. The van der Waals surface area contributed by atoms with Gasteiger partial charge in [0.25, 0.3) is 11.8 Å². The largest absolute Gasteiger partial charge is 0.311 e. The first-order valence-corrected chi connectivity index (χ1v) is 13.6. The van der Waals surface area contributed by atoms with Crippen LogP contribution >= 0.6 is 11.3 Å². The second-order valence-corrected chi connectivity index (χ2v) is 10.1. The number of anilines is 2. The number of amides is 2. The molecule has 0 aliphatic heterocycles. The van der Waals surface area contributed by atoms with Gasteiger partial charge >= 0.3 is 0 Å². The molecule has 4 aromatic rings. The molecular weight excluding hydrogens is 498 g/mol. The Morgan fingerprint density at radius 3 is 2.39 bits per heavy atom. The molecule has 4 N–H and O–H groups in total. The van der Waals surface area contributed by atoms with Gasteiger partial charge in [0.15, 0.2) is 0 Å². The van der Waals surface area contributed by atoms with Gasteiger partial charge in [-0.1, -0.05) is 43.7 Å². The normalized spacial score (nSPS) is 11.2. The van der Waals surface area contributed by atoms with E-state index in [-0.39, 0.29) is 11.8 Å². The predicted molar refractivity (Wildman–Crippen MR) is 155 cm³/mol. The number of hydrazine groups is 1. The summed E-state index contributed by atoms with van der Waals surface area (Å²) in [6.45, 7) is 11.1. The van der Waals surface area contributed by atoms with Crippen LogP contribution in [0.1, 0.15) is 45.0 Å². The van der Waals surface area contributed by atoms with Crippen molar-refractivity contribution in [2.75, 3.05) is 43.6 Å². The molecule has 2 amide bonds. The van der Waals surface area contributed by atoms with Crippen molar-refractivity contribution in [2.24, 2.45) is 0 Å². The molecule has 0 saturated heterocycles. The molecule has 0 aliphatic rings. The summed E-state index contributed by atoms with van der Waals surface area (Å²) in [5.74, 6) is -0.0168. The molecule has 0 bridgehead atoms. The summed E-state index contributed by atoms with van der Waals surface area (Å²) < 4.78 is 0. The van der Waals surface area contributed by atoms with Crippen LogP contribution in [-0.2, 0) is 6.54 Å². The lowest BCUT2D eigenvalue weighted by Gasteiger charge is -2.19. The number of fused-ring (bicyclic) bond motifs is 1. The van der Waals surface area contributed by atoms with E-state index in [0.29, 0.717) is 26.5 Å². The molecule has 0 atom stereocenters. The zero-order valence-electron chi connectivity index (χ0n) is 22.3. The van der Waals surface area contributed by atoms with E-state index in [0.717, 1.165) is 49.5 Å². The summed E-state index contributed by atoms with van der Waals surface area (Å²) >= 11 is 1.26. The highest BCUT2D eigenvalue weighted by atomic mass is 32.1. The van der Waals surface area contributed by atoms with Gasteiger partial charge in [-0.25, -0.2) is 0 Å². The standard InChI is InChI=1S/C28H35N7O2S/c1-5-35(6-2)16-15-29-18-20-9-11-21(12-10-20)26(36)30-25-23-17-24(38-28(23)32-31-25)27(37)33-34(4)22-13-7-19(3)8-14-22/h7-14,17,29H,5-6,15-16,18H2,1-4H3,(H,33,37)(H2,30,31,32,36). The second-order valence-electron chi connectivity index (χ2n) is 9.12. The number of nitrogens with zero attached hydrogens (tertiary/aromatic N) is 3. The monoisotopic (exact) mass is 533 g/mol. The zero-order chi connectivity index (χ0) is 27.1. The molecule has 2 aromatic heterocycles. The van der Waals surface area contributed by atoms with Crippen LogP contribution in [-0.4, -0.2) is 60.1 Å². The number of likely N-dealkylation sites (N-methyl/N-ethyl adjacent to an activating group) is 1. The first-order valence-electron chi connectivity index (χ1n) is 12.8. The Balaban J connectivity index is 1.33. The molecule has 0 spiro atoms. The van der Waals surface area contributed by atoms with Crippen molar-refractivity contribution in [3.8, 4) is 0 Å². The minimum absolute atomic E-state index is 0.241. The average Bonchev–Trinajstić information content (AvgIpc) is 3.51. The molecule has 0 radical (unpaired) electrons. The molecule has 10 heteroatoms. The van der Waals surface area contributed by atoms with E-state index < -0.39 is 0 Å². The van der Waals surface area contributed by atoms with E-state index >= 15 is 0 Å². The van der Waals surface area contributed by atoms with Gasteiger partial charge in [-0.2, -0.15) is 5.10 Å². The van der Waals surface area contributed by atoms with Gasteiger partial charge < -0.3 is 15.5 Å². The Bertz CT molecular complexity index is 1360. The Morgan fingerprint density at radius 2 is 1.71 bits per heavy atom. The van der Waals surface area contributed by atoms with Crippen LogP contribution in [0.25, 0.3) is 10.2 Å². The van der Waals surface area contributed by atoms with Gasteiger partial charge in [0.1, 0.15) is 10.6 Å². The van der Waals surface area contributed by atoms with Crippen LogP contribution in [0.4, 0.5) is 11.5 Å². The predicted octanol–water partition coefficient (Wildman–Crippen LogP) is 4.40. The third-order valence-corrected chi connectivity index (χ3v) is 7.48. The molecule has 0 unspecified atom stereocenters. The number of H-pyrrole nitrogens is 1. The van der Waals surface area contributed by atoms with E-state index in [1.54, 1.807) is 18.1 Å². The quantitative estimate of drug-likeness (QED) is 0.159. The van der Waals surface area contributed by atoms with E-state index in [2.05, 4.69) is 45.0 Å². The fourth-order valence-electron chi connectivity index (χ4n) is 4.03. The maximum atomic E-state index is 12.9. The van der Waals surface area contributed by atoms with Crippen molar-refractivity contribution in [3.05, 3.63) is 76.2 Å². The minimum Gasteiger partial charge on any atom is -0.311 e. The molecule has 2 heterocycles. The average molecular weight is 534 g/mol. The van der Waals surface area contributed by atoms with Gasteiger partial charge in [-0.3, -0.25) is 25.1 Å². The number of aromatic nitrogens is 2. The highest BCUT2D eigenvalue weighted by molar-refractivity contribution is 7.20. The number of rotatable bonds is 12. The summed E-state index contributed by atoms with van der Waals surface area (Å²) in [6, 6.07) is 17.2. The van der Waals surface area contributed by atoms with Gasteiger partial charge in [-0.15, -0.1) is 11.3 Å². The SMILES string of the molecule is CCN(CC)CCNCc1ccc(C(=O)Nc2[nH]nc3sc(C(=O)NN(C)c4ccc(C)cc4)cc23)cc1. The lowest BCUT2D eigenvalue weighted by molar-refractivity contribution is 0.0954. The maximum Gasteiger partial charge on any atom is 0.279 e. The first-order chi connectivity index (χ1) is 18.4. The van der Waals surface area contributed by atoms with Gasteiger partial charge in [-0.05, 0) is 55.9 Å². The molecule has 200 valence electrons. The summed E-state index contributed by atoms with van der Waals surface area (Å²) in [7, 11) is 1.79. The molecule has 0 saturated carbocycles. The number of aromatic amines is 1. The number of carbonyl (C=O) groups is 2. The molecule has 0 fully saturated rings. The molecule has 4 rings (SSSR count). The smallest absolute Gasteiger partial charge is 0.279 e. The van der Waals surface area contributed by atoms with Crippen LogP contribution in [0.5, 0.6) is 0 Å². The van der Waals surface area contributed by atoms with Gasteiger partial charge in [0.2, 0.25) is 0 Å². The van der Waals surface area contributed by atoms with Crippen molar-refractivity contribution < 1.29 is 9.59 Å². The molecule has 38 heavy (non-hydrogen) atoms. The maximum absolute atomic E-state index is 12.9. The van der Waals surface area contributed by atoms with Crippen molar-refractivity contribution in [2.45, 2.75) is 27.3 Å². The lowest BCUT2D eigenvalue weighted by atomic mass is 10.1. The van der Waals surface area contributed by atoms with E-state index in [9.17, 15) is 9.59 Å². The lowest BCUT2D eigenvalue weighted by Crippen LogP contribution is -2.38. The Hall–Kier alpha value is -3.73. The fourth-order valence-corrected chi connectivity index (χ4v) is 4.91. The first kappa shape index (κ1) is 27.3. The van der Waals surface area contributed by atoms with Crippen LogP contribution in [0.3, 0.4) is 0 Å². The highest BCUT2D eigenvalue weighted by Crippen LogP contribution is 2.29. The summed E-state index contributed by atoms with van der Waals surface area (Å²) in [6.07, 6.45) is 0. The van der Waals surface area contributed by atoms with E-state index in [1.165, 1.54) is 11.3 Å². The molecule has 0 aliphatic carbocycles. The number of carbonyl (C=O) groups excluding carboxylic acids is 2. The van der Waals surface area contributed by atoms with Crippen molar-refractivity contribution in [1.82, 2.24) is 25.8 Å². The number of benzene rings is 2. The Morgan fingerprint density at radius 1 is 1.00 bits per heavy atom. The summed E-state index contributed by atoms with van der Waals surface area (Å²) in [5, 5.41) is 15.9. The third-order valence-electron chi connectivity index (χ3n) is 6.45. The fraction of sp³-hybridized carbons (Fsp3) is 0.321. The van der Waals surface area contributed by atoms with Crippen molar-refractivity contribution in [1.29, 1.82) is 0 Å². The topological polar surface area (TPSA) is 105 Å². The minimum atomic E-state index is -0.243. The number of hydrogen-bond acceptors (Lipinski definition) is 7. The van der Waals surface area contributed by atoms with Crippen molar-refractivity contribution in [3.63, 3.8) is 0 Å². The van der Waals surface area contributed by atoms with Gasteiger partial charge in [0, 0.05) is 32.2 Å². The highest BCUT2D eigenvalue weighted by Gasteiger charge is 2.18. The van der Waals surface area contributed by atoms with E-state index in [1.807, 2.05) is 55.5 Å². The summed E-state index contributed by atoms with van der Waals surface area (Å²) in [4.78, 5) is 29.2. The third kappa shape index (κ3) is 6.77.